The lowest BCUT2D eigenvalue weighted by Gasteiger charge is -2.08. The molecule has 0 aliphatic rings. The third-order valence-corrected chi connectivity index (χ3v) is 4.43. The minimum atomic E-state index is -3.65. The van der Waals surface area contributed by atoms with E-state index in [-0.39, 0.29) is 4.90 Å². The van der Waals surface area contributed by atoms with E-state index in [1.54, 1.807) is 31.2 Å². The van der Waals surface area contributed by atoms with Crippen molar-refractivity contribution in [3.8, 4) is 0 Å². The number of rotatable bonds is 3. The van der Waals surface area contributed by atoms with Gasteiger partial charge in [0.2, 0.25) is 0 Å². The molecule has 0 bridgehead atoms. The first-order valence-corrected chi connectivity index (χ1v) is 7.89. The van der Waals surface area contributed by atoms with Crippen LogP contribution < -0.4 is 4.72 Å². The van der Waals surface area contributed by atoms with E-state index in [0.29, 0.717) is 22.7 Å². The Labute approximate surface area is 122 Å². The van der Waals surface area contributed by atoms with Gasteiger partial charge in [0.25, 0.3) is 10.0 Å². The van der Waals surface area contributed by atoms with Crippen LogP contribution in [0.3, 0.4) is 0 Å². The minimum absolute atomic E-state index is 0.146. The third-order valence-electron chi connectivity index (χ3n) is 3.05. The Kier molecular flexibility index (Phi) is 3.17. The van der Waals surface area contributed by atoms with Crippen molar-refractivity contribution in [3.05, 3.63) is 53.9 Å². The number of fused-ring (bicyclic) bond motifs is 1. The van der Waals surface area contributed by atoms with Gasteiger partial charge in [0.05, 0.1) is 4.90 Å². The van der Waals surface area contributed by atoms with Crippen LogP contribution in [-0.4, -0.2) is 13.4 Å². The predicted molar refractivity (Wildman–Crippen MR) is 80.7 cm³/mol. The Balaban J connectivity index is 1.99. The Hall–Kier alpha value is -2.34. The predicted octanol–water partition coefficient (Wildman–Crippen LogP) is 3.25. The highest BCUT2D eigenvalue weighted by molar-refractivity contribution is 7.92. The van der Waals surface area contributed by atoms with Gasteiger partial charge < -0.3 is 4.42 Å². The quantitative estimate of drug-likeness (QED) is 0.806. The molecule has 0 aliphatic heterocycles. The van der Waals surface area contributed by atoms with E-state index in [0.717, 1.165) is 5.56 Å². The number of anilines is 1. The fourth-order valence-corrected chi connectivity index (χ4v) is 3.17. The third kappa shape index (κ3) is 2.75. The van der Waals surface area contributed by atoms with Gasteiger partial charge in [0, 0.05) is 18.7 Å². The number of hydrogen-bond donors (Lipinski definition) is 1. The fraction of sp³-hybridized carbons (Fsp3) is 0.133. The smallest absolute Gasteiger partial charge is 0.262 e. The number of sulfonamides is 1. The summed E-state index contributed by atoms with van der Waals surface area (Å²) in [5.74, 6) is 0.506. The van der Waals surface area contributed by atoms with Gasteiger partial charge in [-0.25, -0.2) is 13.4 Å². The molecular formula is C15H14N2O3S. The van der Waals surface area contributed by atoms with Crippen LogP contribution in [0.2, 0.25) is 0 Å². The number of aryl methyl sites for hydroxylation is 2. The van der Waals surface area contributed by atoms with Crippen molar-refractivity contribution in [1.29, 1.82) is 0 Å². The molecule has 1 heterocycles. The van der Waals surface area contributed by atoms with Gasteiger partial charge in [-0.1, -0.05) is 12.1 Å². The Morgan fingerprint density at radius 1 is 1.10 bits per heavy atom. The molecule has 0 saturated heterocycles. The molecule has 0 spiro atoms. The van der Waals surface area contributed by atoms with Gasteiger partial charge in [-0.15, -0.1) is 0 Å². The second-order valence-electron chi connectivity index (χ2n) is 4.84. The molecule has 2 aromatic carbocycles. The van der Waals surface area contributed by atoms with Crippen LogP contribution in [-0.2, 0) is 10.0 Å². The molecule has 0 unspecified atom stereocenters. The van der Waals surface area contributed by atoms with E-state index < -0.39 is 10.0 Å². The van der Waals surface area contributed by atoms with Crippen LogP contribution in [0.5, 0.6) is 0 Å². The van der Waals surface area contributed by atoms with Crippen LogP contribution >= 0.6 is 0 Å². The summed E-state index contributed by atoms with van der Waals surface area (Å²) in [6.07, 6.45) is 0. The maximum absolute atomic E-state index is 12.4. The lowest BCUT2D eigenvalue weighted by molar-refractivity contribution is 0.559. The first-order chi connectivity index (χ1) is 9.94. The molecule has 21 heavy (non-hydrogen) atoms. The van der Waals surface area contributed by atoms with Crippen molar-refractivity contribution in [1.82, 2.24) is 4.98 Å². The van der Waals surface area contributed by atoms with Crippen LogP contribution in [0.15, 0.2) is 51.8 Å². The molecule has 0 fully saturated rings. The monoisotopic (exact) mass is 302 g/mol. The van der Waals surface area contributed by atoms with Crippen LogP contribution in [0, 0.1) is 13.8 Å². The Bertz CT molecular complexity index is 914. The summed E-state index contributed by atoms with van der Waals surface area (Å²) in [6, 6.07) is 11.8. The molecule has 0 radical (unpaired) electrons. The Morgan fingerprint density at radius 2 is 1.90 bits per heavy atom. The highest BCUT2D eigenvalue weighted by Crippen LogP contribution is 2.22. The molecule has 3 rings (SSSR count). The standard InChI is InChI=1S/C15H14N2O3S/c1-10-4-3-5-12(8-10)17-21(18,19)13-6-7-14-15(9-13)20-11(2)16-14/h3-9,17H,1-2H3. The summed E-state index contributed by atoms with van der Waals surface area (Å²) in [7, 11) is -3.65. The lowest BCUT2D eigenvalue weighted by Crippen LogP contribution is -2.12. The molecular weight excluding hydrogens is 288 g/mol. The summed E-state index contributed by atoms with van der Waals surface area (Å²) in [5, 5.41) is 0. The van der Waals surface area contributed by atoms with Crippen molar-refractivity contribution in [2.24, 2.45) is 0 Å². The van der Waals surface area contributed by atoms with Gasteiger partial charge >= 0.3 is 0 Å². The van der Waals surface area contributed by atoms with Gasteiger partial charge in [0.15, 0.2) is 11.5 Å². The summed E-state index contributed by atoms with van der Waals surface area (Å²) in [5.41, 5.74) is 2.61. The van der Waals surface area contributed by atoms with E-state index in [2.05, 4.69) is 9.71 Å². The highest BCUT2D eigenvalue weighted by atomic mass is 32.2. The zero-order chi connectivity index (χ0) is 15.0. The van der Waals surface area contributed by atoms with Crippen LogP contribution in [0.1, 0.15) is 11.5 Å². The SMILES string of the molecule is Cc1cccc(NS(=O)(=O)c2ccc3nc(C)oc3c2)c1. The van der Waals surface area contributed by atoms with Gasteiger partial charge in [-0.3, -0.25) is 4.72 Å². The van der Waals surface area contributed by atoms with E-state index in [1.807, 2.05) is 13.0 Å². The summed E-state index contributed by atoms with van der Waals surface area (Å²) < 4.78 is 32.7. The van der Waals surface area contributed by atoms with Crippen LogP contribution in [0.4, 0.5) is 5.69 Å². The van der Waals surface area contributed by atoms with E-state index in [9.17, 15) is 8.42 Å². The molecule has 0 saturated carbocycles. The van der Waals surface area contributed by atoms with Gasteiger partial charge in [-0.2, -0.15) is 0 Å². The molecule has 1 aromatic heterocycles. The van der Waals surface area contributed by atoms with E-state index in [4.69, 9.17) is 4.42 Å². The first kappa shape index (κ1) is 13.6. The first-order valence-electron chi connectivity index (χ1n) is 6.41. The fourth-order valence-electron chi connectivity index (χ4n) is 2.11. The number of benzene rings is 2. The van der Waals surface area contributed by atoms with E-state index >= 15 is 0 Å². The Morgan fingerprint density at radius 3 is 2.67 bits per heavy atom. The average molecular weight is 302 g/mol. The maximum atomic E-state index is 12.4. The van der Waals surface area contributed by atoms with Crippen molar-refractivity contribution >= 4 is 26.8 Å². The van der Waals surface area contributed by atoms with Crippen molar-refractivity contribution in [2.45, 2.75) is 18.7 Å². The van der Waals surface area contributed by atoms with Crippen molar-refractivity contribution < 1.29 is 12.8 Å². The molecule has 108 valence electrons. The number of oxazole rings is 1. The molecule has 3 aromatic rings. The molecule has 0 amide bonds. The minimum Gasteiger partial charge on any atom is -0.441 e. The lowest BCUT2D eigenvalue weighted by atomic mass is 10.2. The van der Waals surface area contributed by atoms with Crippen molar-refractivity contribution in [3.63, 3.8) is 0 Å². The maximum Gasteiger partial charge on any atom is 0.262 e. The number of hydrogen-bond acceptors (Lipinski definition) is 4. The largest absolute Gasteiger partial charge is 0.441 e. The van der Waals surface area contributed by atoms with Gasteiger partial charge in [-0.05, 0) is 36.8 Å². The summed E-state index contributed by atoms with van der Waals surface area (Å²) in [6.45, 7) is 3.63. The number of aromatic nitrogens is 1. The number of nitrogens with one attached hydrogen (secondary N) is 1. The zero-order valence-corrected chi connectivity index (χ0v) is 12.4. The molecule has 1 N–H and O–H groups in total. The van der Waals surface area contributed by atoms with Gasteiger partial charge in [0.1, 0.15) is 5.52 Å². The van der Waals surface area contributed by atoms with E-state index in [1.165, 1.54) is 12.1 Å². The normalized spacial score (nSPS) is 11.7. The second kappa shape index (κ2) is 4.89. The molecule has 5 nitrogen and oxygen atoms in total. The van der Waals surface area contributed by atoms with Crippen molar-refractivity contribution in [2.75, 3.05) is 4.72 Å². The average Bonchev–Trinajstić information content (AvgIpc) is 2.77. The topological polar surface area (TPSA) is 72.2 Å². The number of nitrogens with zero attached hydrogens (tertiary/aromatic N) is 1. The van der Waals surface area contributed by atoms with Crippen LogP contribution in [0.25, 0.3) is 11.1 Å². The molecule has 6 heteroatoms. The summed E-state index contributed by atoms with van der Waals surface area (Å²) in [4.78, 5) is 4.30. The second-order valence-corrected chi connectivity index (χ2v) is 6.52. The zero-order valence-electron chi connectivity index (χ0n) is 11.6. The highest BCUT2D eigenvalue weighted by Gasteiger charge is 2.16. The molecule has 0 atom stereocenters. The summed E-state index contributed by atoms with van der Waals surface area (Å²) >= 11 is 0. The molecule has 0 aliphatic carbocycles.